The second-order valence-electron chi connectivity index (χ2n) is 8.02. The third-order valence-corrected chi connectivity index (χ3v) is 6.05. The summed E-state index contributed by atoms with van der Waals surface area (Å²) in [5.74, 6) is 0.206. The molecule has 4 rings (SSSR count). The van der Waals surface area contributed by atoms with Gasteiger partial charge < -0.3 is 29.8 Å². The minimum atomic E-state index is -0.744. The SMILES string of the molecule is COC(=O)c1c(-c2cc(OC)c(C)c(OC)c2)c2cc(OC)c(O)cc2c(=O)n1-c1ccc(N)cc1. The van der Waals surface area contributed by atoms with E-state index >= 15 is 0 Å². The zero-order chi connectivity index (χ0) is 26.1. The Morgan fingerprint density at radius 3 is 1.97 bits per heavy atom. The van der Waals surface area contributed by atoms with Crippen molar-refractivity contribution in [2.75, 3.05) is 34.2 Å². The summed E-state index contributed by atoms with van der Waals surface area (Å²) in [7, 11) is 5.69. The number of aromatic hydroxyl groups is 1. The largest absolute Gasteiger partial charge is 0.504 e. The highest BCUT2D eigenvalue weighted by Gasteiger charge is 2.27. The maximum atomic E-state index is 13.8. The minimum absolute atomic E-state index is 0.0273. The quantitative estimate of drug-likeness (QED) is 0.306. The van der Waals surface area contributed by atoms with E-state index < -0.39 is 11.5 Å². The summed E-state index contributed by atoms with van der Waals surface area (Å²) < 4.78 is 22.8. The summed E-state index contributed by atoms with van der Waals surface area (Å²) in [6.45, 7) is 1.84. The van der Waals surface area contributed by atoms with Gasteiger partial charge in [-0.15, -0.1) is 0 Å². The van der Waals surface area contributed by atoms with Crippen LogP contribution in [0.15, 0.2) is 53.3 Å². The predicted octanol–water partition coefficient (Wildman–Crippen LogP) is 4.07. The van der Waals surface area contributed by atoms with Gasteiger partial charge in [0.1, 0.15) is 17.2 Å². The van der Waals surface area contributed by atoms with Crippen molar-refractivity contribution in [3.8, 4) is 39.8 Å². The van der Waals surface area contributed by atoms with E-state index in [4.69, 9.17) is 24.7 Å². The van der Waals surface area contributed by atoms with Gasteiger partial charge in [0.25, 0.3) is 5.56 Å². The van der Waals surface area contributed by atoms with Gasteiger partial charge in [0.05, 0.1) is 33.8 Å². The van der Waals surface area contributed by atoms with Crippen LogP contribution in [0.25, 0.3) is 27.6 Å². The van der Waals surface area contributed by atoms with Gasteiger partial charge >= 0.3 is 5.97 Å². The fraction of sp³-hybridized carbons (Fsp3) is 0.185. The van der Waals surface area contributed by atoms with Crippen molar-refractivity contribution in [3.05, 3.63) is 70.1 Å². The number of rotatable bonds is 6. The number of ether oxygens (including phenoxy) is 4. The molecule has 0 amide bonds. The molecule has 9 heteroatoms. The molecule has 0 atom stereocenters. The number of phenols is 1. The maximum Gasteiger partial charge on any atom is 0.355 e. The number of fused-ring (bicyclic) bond motifs is 1. The molecule has 0 radical (unpaired) electrons. The van der Waals surface area contributed by atoms with Gasteiger partial charge in [0, 0.05) is 27.9 Å². The Balaban J connectivity index is 2.29. The van der Waals surface area contributed by atoms with Gasteiger partial charge in [-0.25, -0.2) is 4.79 Å². The van der Waals surface area contributed by atoms with Crippen LogP contribution >= 0.6 is 0 Å². The van der Waals surface area contributed by atoms with E-state index in [-0.39, 0.29) is 22.6 Å². The number of carbonyl (C=O) groups excluding carboxylic acids is 1. The van der Waals surface area contributed by atoms with Crippen LogP contribution in [-0.4, -0.2) is 44.1 Å². The summed E-state index contributed by atoms with van der Waals surface area (Å²) in [5.41, 5.74) is 7.81. The number of hydrogen-bond donors (Lipinski definition) is 2. The molecular weight excluding hydrogens is 464 g/mol. The predicted molar refractivity (Wildman–Crippen MR) is 137 cm³/mol. The summed E-state index contributed by atoms with van der Waals surface area (Å²) >= 11 is 0. The Labute approximate surface area is 207 Å². The number of aromatic nitrogens is 1. The molecule has 1 heterocycles. The van der Waals surface area contributed by atoms with Gasteiger partial charge in [-0.1, -0.05) is 0 Å². The van der Waals surface area contributed by atoms with Crippen LogP contribution in [-0.2, 0) is 4.74 Å². The number of anilines is 1. The Kier molecular flexibility index (Phi) is 6.48. The number of methoxy groups -OCH3 is 4. The Morgan fingerprint density at radius 2 is 1.44 bits per heavy atom. The summed E-state index contributed by atoms with van der Waals surface area (Å²) in [6, 6.07) is 12.8. The van der Waals surface area contributed by atoms with Crippen LogP contribution in [0, 0.1) is 6.92 Å². The molecule has 9 nitrogen and oxygen atoms in total. The van der Waals surface area contributed by atoms with Crippen LogP contribution < -0.4 is 25.5 Å². The van der Waals surface area contributed by atoms with Crippen molar-refractivity contribution in [2.45, 2.75) is 6.92 Å². The highest BCUT2D eigenvalue weighted by Crippen LogP contribution is 2.41. The van der Waals surface area contributed by atoms with Crippen LogP contribution in [0.2, 0.25) is 0 Å². The monoisotopic (exact) mass is 490 g/mol. The smallest absolute Gasteiger partial charge is 0.355 e. The van der Waals surface area contributed by atoms with Gasteiger partial charge in [0.15, 0.2) is 11.5 Å². The summed E-state index contributed by atoms with van der Waals surface area (Å²) in [5, 5.41) is 11.0. The third kappa shape index (κ3) is 3.94. The number of carbonyl (C=O) groups is 1. The fourth-order valence-electron chi connectivity index (χ4n) is 4.26. The molecule has 0 saturated carbocycles. The molecule has 0 saturated heterocycles. The first kappa shape index (κ1) is 24.5. The van der Waals surface area contributed by atoms with E-state index in [0.717, 1.165) is 5.56 Å². The number of hydrogen-bond acceptors (Lipinski definition) is 8. The van der Waals surface area contributed by atoms with E-state index in [1.165, 1.54) is 45.1 Å². The number of phenolic OH excluding ortho intramolecular Hbond substituents is 1. The third-order valence-electron chi connectivity index (χ3n) is 6.05. The first-order chi connectivity index (χ1) is 17.2. The standard InChI is InChI=1S/C27H26N2O7/c1-14-21(33-2)10-15(11-22(14)34-3)24-18-13-23(35-4)20(30)12-19(18)26(31)29(25(24)27(32)36-5)17-8-6-16(28)7-9-17/h6-13,30H,28H2,1-5H3. The van der Waals surface area contributed by atoms with E-state index in [9.17, 15) is 14.7 Å². The van der Waals surface area contributed by atoms with Gasteiger partial charge in [0.2, 0.25) is 0 Å². The zero-order valence-electron chi connectivity index (χ0n) is 20.5. The van der Waals surface area contributed by atoms with E-state index in [0.29, 0.717) is 39.4 Å². The average Bonchev–Trinajstić information content (AvgIpc) is 2.89. The van der Waals surface area contributed by atoms with Crippen molar-refractivity contribution in [1.29, 1.82) is 0 Å². The van der Waals surface area contributed by atoms with E-state index in [1.807, 2.05) is 6.92 Å². The van der Waals surface area contributed by atoms with E-state index in [1.54, 1.807) is 36.4 Å². The van der Waals surface area contributed by atoms with Gasteiger partial charge in [-0.3, -0.25) is 9.36 Å². The lowest BCUT2D eigenvalue weighted by molar-refractivity contribution is 0.0591. The first-order valence-electron chi connectivity index (χ1n) is 10.9. The Hall–Kier alpha value is -4.66. The van der Waals surface area contributed by atoms with Crippen molar-refractivity contribution in [3.63, 3.8) is 0 Å². The zero-order valence-corrected chi connectivity index (χ0v) is 20.5. The molecule has 3 N–H and O–H groups in total. The van der Waals surface area contributed by atoms with Gasteiger partial charge in [-0.2, -0.15) is 0 Å². The van der Waals surface area contributed by atoms with Crippen LogP contribution in [0.1, 0.15) is 16.1 Å². The van der Waals surface area contributed by atoms with Crippen molar-refractivity contribution < 1.29 is 28.8 Å². The van der Waals surface area contributed by atoms with Crippen molar-refractivity contribution >= 4 is 22.4 Å². The van der Waals surface area contributed by atoms with Crippen LogP contribution in [0.5, 0.6) is 23.0 Å². The first-order valence-corrected chi connectivity index (χ1v) is 10.9. The molecule has 3 aromatic carbocycles. The van der Waals surface area contributed by atoms with E-state index in [2.05, 4.69) is 0 Å². The number of pyridine rings is 1. The molecule has 186 valence electrons. The molecule has 36 heavy (non-hydrogen) atoms. The normalized spacial score (nSPS) is 10.8. The maximum absolute atomic E-state index is 13.8. The molecule has 0 aliphatic carbocycles. The van der Waals surface area contributed by atoms with Crippen molar-refractivity contribution in [1.82, 2.24) is 4.57 Å². The second-order valence-corrected chi connectivity index (χ2v) is 8.02. The highest BCUT2D eigenvalue weighted by molar-refractivity contribution is 6.08. The molecule has 0 unspecified atom stereocenters. The molecule has 0 aliphatic rings. The molecule has 1 aromatic heterocycles. The Morgan fingerprint density at radius 1 is 0.861 bits per heavy atom. The lowest BCUT2D eigenvalue weighted by Gasteiger charge is -2.21. The lowest BCUT2D eigenvalue weighted by Crippen LogP contribution is -2.27. The molecule has 0 fully saturated rings. The number of nitrogens with two attached hydrogens (primary N) is 1. The number of benzene rings is 3. The molecular formula is C27H26N2O7. The summed E-state index contributed by atoms with van der Waals surface area (Å²) in [6.07, 6.45) is 0. The summed E-state index contributed by atoms with van der Waals surface area (Å²) in [4.78, 5) is 27.1. The fourth-order valence-corrected chi connectivity index (χ4v) is 4.26. The second kappa shape index (κ2) is 9.53. The minimum Gasteiger partial charge on any atom is -0.504 e. The number of nitrogen functional groups attached to an aromatic ring is 1. The number of esters is 1. The molecule has 4 aromatic rings. The lowest BCUT2D eigenvalue weighted by atomic mass is 9.94. The molecule has 0 spiro atoms. The number of nitrogens with zero attached hydrogens (tertiary/aromatic N) is 1. The van der Waals surface area contributed by atoms with Crippen LogP contribution in [0.4, 0.5) is 5.69 Å². The molecule has 0 aliphatic heterocycles. The Bertz CT molecular complexity index is 1510. The van der Waals surface area contributed by atoms with Crippen LogP contribution in [0.3, 0.4) is 0 Å². The van der Waals surface area contributed by atoms with Crippen molar-refractivity contribution in [2.24, 2.45) is 0 Å². The molecule has 0 bridgehead atoms. The average molecular weight is 491 g/mol. The highest BCUT2D eigenvalue weighted by atomic mass is 16.5. The topological polar surface area (TPSA) is 122 Å². The van der Waals surface area contributed by atoms with Gasteiger partial charge in [-0.05, 0) is 61.0 Å².